The van der Waals surface area contributed by atoms with E-state index in [1.807, 2.05) is 12.1 Å². The van der Waals surface area contributed by atoms with E-state index in [-0.39, 0.29) is 12.5 Å². The van der Waals surface area contributed by atoms with Gasteiger partial charge < -0.3 is 24.3 Å². The molecule has 1 aliphatic rings. The second kappa shape index (κ2) is 8.96. The number of anilines is 1. The predicted octanol–water partition coefficient (Wildman–Crippen LogP) is 1.64. The number of carbonyl (C=O) groups excluding carboxylic acids is 1. The lowest BCUT2D eigenvalue weighted by atomic mass is 10.2. The summed E-state index contributed by atoms with van der Waals surface area (Å²) in [5.41, 5.74) is 0.922. The summed E-state index contributed by atoms with van der Waals surface area (Å²) in [5, 5.41) is 3.61. The van der Waals surface area contributed by atoms with E-state index < -0.39 is 5.63 Å². The molecule has 1 aromatic carbocycles. The average molecular weight is 408 g/mol. The molecule has 0 saturated carbocycles. The Hall–Kier alpha value is -3.39. The van der Waals surface area contributed by atoms with Crippen LogP contribution in [0, 0.1) is 0 Å². The van der Waals surface area contributed by atoms with Crippen LogP contribution in [0.3, 0.4) is 0 Å². The van der Waals surface area contributed by atoms with E-state index in [0.29, 0.717) is 17.9 Å². The molecule has 0 aliphatic carbocycles. The highest BCUT2D eigenvalue weighted by Gasteiger charge is 2.15. The van der Waals surface area contributed by atoms with Gasteiger partial charge in [0.25, 0.3) is 5.91 Å². The Morgan fingerprint density at radius 3 is 2.70 bits per heavy atom. The predicted molar refractivity (Wildman–Crippen MR) is 114 cm³/mol. The molecule has 0 radical (unpaired) electrons. The third-order valence-electron chi connectivity index (χ3n) is 5.09. The van der Waals surface area contributed by atoms with Crippen molar-refractivity contribution in [2.24, 2.45) is 0 Å². The first-order valence-electron chi connectivity index (χ1n) is 9.89. The number of pyridine rings is 1. The molecule has 0 spiro atoms. The zero-order valence-corrected chi connectivity index (χ0v) is 16.8. The van der Waals surface area contributed by atoms with Crippen LogP contribution in [0.1, 0.15) is 5.56 Å². The molecular formula is C22H24N4O4. The molecule has 0 bridgehead atoms. The molecule has 0 unspecified atom stereocenters. The molecular weight excluding hydrogens is 384 g/mol. The standard InChI is InChI=1S/C22H24N4O4/c1-25-8-10-26(11-9-25)20-6-2-16(13-23-20)14-24-21(27)15-29-18-5-3-17-4-7-22(28)30-19(17)12-18/h2-7,12-13H,8-11,14-15H2,1H3,(H,24,27). The topological polar surface area (TPSA) is 87.9 Å². The molecule has 0 atom stereocenters. The molecule has 1 amide bonds. The largest absolute Gasteiger partial charge is 0.484 e. The van der Waals surface area contributed by atoms with E-state index in [1.54, 1.807) is 30.5 Å². The first-order valence-corrected chi connectivity index (χ1v) is 9.89. The van der Waals surface area contributed by atoms with Crippen molar-refractivity contribution >= 4 is 22.7 Å². The van der Waals surface area contributed by atoms with E-state index >= 15 is 0 Å². The molecule has 156 valence electrons. The SMILES string of the molecule is CN1CCN(c2ccc(CNC(=O)COc3ccc4ccc(=O)oc4c3)cn2)CC1. The minimum atomic E-state index is -0.426. The van der Waals surface area contributed by atoms with Gasteiger partial charge in [-0.2, -0.15) is 0 Å². The Kier molecular flexibility index (Phi) is 5.94. The van der Waals surface area contributed by atoms with Crippen molar-refractivity contribution in [3.63, 3.8) is 0 Å². The summed E-state index contributed by atoms with van der Waals surface area (Å²) in [5.74, 6) is 1.18. The third kappa shape index (κ3) is 4.96. The van der Waals surface area contributed by atoms with Gasteiger partial charge in [0.15, 0.2) is 6.61 Å². The van der Waals surface area contributed by atoms with E-state index in [9.17, 15) is 9.59 Å². The van der Waals surface area contributed by atoms with Gasteiger partial charge >= 0.3 is 5.63 Å². The highest BCUT2D eigenvalue weighted by atomic mass is 16.5. The lowest BCUT2D eigenvalue weighted by Crippen LogP contribution is -2.44. The molecule has 4 rings (SSSR count). The fourth-order valence-corrected chi connectivity index (χ4v) is 3.28. The molecule has 8 nitrogen and oxygen atoms in total. The highest BCUT2D eigenvalue weighted by molar-refractivity contribution is 5.79. The zero-order chi connectivity index (χ0) is 20.9. The van der Waals surface area contributed by atoms with Crippen LogP contribution in [0.2, 0.25) is 0 Å². The van der Waals surface area contributed by atoms with Crippen molar-refractivity contribution in [2.75, 3.05) is 44.7 Å². The Morgan fingerprint density at radius 2 is 1.93 bits per heavy atom. The fourth-order valence-electron chi connectivity index (χ4n) is 3.28. The summed E-state index contributed by atoms with van der Waals surface area (Å²) in [6, 6.07) is 12.1. The Labute approximate surface area is 174 Å². The number of nitrogens with zero attached hydrogens (tertiary/aromatic N) is 3. The number of hydrogen-bond donors (Lipinski definition) is 1. The Balaban J connectivity index is 1.26. The quantitative estimate of drug-likeness (QED) is 0.620. The molecule has 8 heteroatoms. The minimum absolute atomic E-state index is 0.130. The maximum absolute atomic E-state index is 12.1. The number of likely N-dealkylation sites (N-methyl/N-ethyl adjacent to an activating group) is 1. The fraction of sp³-hybridized carbons (Fsp3) is 0.318. The number of aromatic nitrogens is 1. The summed E-state index contributed by atoms with van der Waals surface area (Å²) in [6.45, 7) is 4.25. The number of carbonyl (C=O) groups is 1. The first kappa shape index (κ1) is 19.9. The van der Waals surface area contributed by atoms with Gasteiger partial charge in [0.1, 0.15) is 17.2 Å². The summed E-state index contributed by atoms with van der Waals surface area (Å²) in [7, 11) is 2.12. The van der Waals surface area contributed by atoms with Gasteiger partial charge in [0, 0.05) is 56.4 Å². The first-order chi connectivity index (χ1) is 14.6. The molecule has 1 fully saturated rings. The molecule has 1 N–H and O–H groups in total. The van der Waals surface area contributed by atoms with Crippen LogP contribution in [-0.2, 0) is 11.3 Å². The smallest absolute Gasteiger partial charge is 0.336 e. The lowest BCUT2D eigenvalue weighted by molar-refractivity contribution is -0.123. The maximum atomic E-state index is 12.1. The summed E-state index contributed by atoms with van der Waals surface area (Å²) < 4.78 is 10.6. The number of piperazine rings is 1. The van der Waals surface area contributed by atoms with E-state index in [2.05, 4.69) is 27.1 Å². The van der Waals surface area contributed by atoms with Crippen LogP contribution in [-0.4, -0.2) is 55.6 Å². The van der Waals surface area contributed by atoms with Crippen LogP contribution in [0.4, 0.5) is 5.82 Å². The highest BCUT2D eigenvalue weighted by Crippen LogP contribution is 2.19. The molecule has 3 heterocycles. The van der Waals surface area contributed by atoms with Crippen molar-refractivity contribution in [2.45, 2.75) is 6.54 Å². The van der Waals surface area contributed by atoms with Crippen LogP contribution in [0.5, 0.6) is 5.75 Å². The summed E-state index contributed by atoms with van der Waals surface area (Å²) in [4.78, 5) is 32.5. The lowest BCUT2D eigenvalue weighted by Gasteiger charge is -2.33. The minimum Gasteiger partial charge on any atom is -0.484 e. The number of ether oxygens (including phenoxy) is 1. The van der Waals surface area contributed by atoms with Crippen molar-refractivity contribution in [3.8, 4) is 5.75 Å². The van der Waals surface area contributed by atoms with Crippen LogP contribution >= 0.6 is 0 Å². The molecule has 2 aromatic heterocycles. The van der Waals surface area contributed by atoms with Gasteiger partial charge in [-0.15, -0.1) is 0 Å². The van der Waals surface area contributed by atoms with Gasteiger partial charge in [-0.25, -0.2) is 9.78 Å². The summed E-state index contributed by atoms with van der Waals surface area (Å²) >= 11 is 0. The second-order valence-electron chi connectivity index (χ2n) is 7.33. The van der Waals surface area contributed by atoms with Crippen LogP contribution in [0.15, 0.2) is 57.9 Å². The number of benzene rings is 1. The van der Waals surface area contributed by atoms with Crippen molar-refractivity contribution < 1.29 is 13.9 Å². The monoisotopic (exact) mass is 408 g/mol. The molecule has 3 aromatic rings. The van der Waals surface area contributed by atoms with Crippen LogP contribution < -0.4 is 20.6 Å². The van der Waals surface area contributed by atoms with Crippen molar-refractivity contribution in [1.82, 2.24) is 15.2 Å². The second-order valence-corrected chi connectivity index (χ2v) is 7.33. The molecule has 30 heavy (non-hydrogen) atoms. The average Bonchev–Trinajstić information content (AvgIpc) is 2.77. The third-order valence-corrected chi connectivity index (χ3v) is 5.09. The van der Waals surface area contributed by atoms with Crippen LogP contribution in [0.25, 0.3) is 11.0 Å². The number of rotatable bonds is 6. The summed E-state index contributed by atoms with van der Waals surface area (Å²) in [6.07, 6.45) is 1.79. The number of fused-ring (bicyclic) bond motifs is 1. The number of hydrogen-bond acceptors (Lipinski definition) is 7. The van der Waals surface area contributed by atoms with Gasteiger partial charge in [0.2, 0.25) is 0 Å². The van der Waals surface area contributed by atoms with E-state index in [1.165, 1.54) is 6.07 Å². The Bertz CT molecular complexity index is 1070. The Morgan fingerprint density at radius 1 is 1.13 bits per heavy atom. The normalized spacial score (nSPS) is 14.6. The molecule has 1 aliphatic heterocycles. The van der Waals surface area contributed by atoms with Gasteiger partial charge in [-0.1, -0.05) is 6.07 Å². The van der Waals surface area contributed by atoms with Gasteiger partial charge in [-0.05, 0) is 36.9 Å². The zero-order valence-electron chi connectivity index (χ0n) is 16.8. The van der Waals surface area contributed by atoms with E-state index in [4.69, 9.17) is 9.15 Å². The van der Waals surface area contributed by atoms with Gasteiger partial charge in [0.05, 0.1) is 0 Å². The van der Waals surface area contributed by atoms with E-state index in [0.717, 1.165) is 42.9 Å². The molecule has 1 saturated heterocycles. The number of amides is 1. The number of nitrogens with one attached hydrogen (secondary N) is 1. The maximum Gasteiger partial charge on any atom is 0.336 e. The van der Waals surface area contributed by atoms with Crippen molar-refractivity contribution in [3.05, 3.63) is 64.6 Å². The van der Waals surface area contributed by atoms with Crippen molar-refractivity contribution in [1.29, 1.82) is 0 Å². The van der Waals surface area contributed by atoms with Gasteiger partial charge in [-0.3, -0.25) is 4.79 Å².